The van der Waals surface area contributed by atoms with Crippen molar-refractivity contribution in [1.82, 2.24) is 19.8 Å². The van der Waals surface area contributed by atoms with Crippen LogP contribution in [0.1, 0.15) is 11.4 Å². The number of nitrogens with zero attached hydrogens (tertiary/aromatic N) is 3. The van der Waals surface area contributed by atoms with Crippen molar-refractivity contribution in [1.29, 1.82) is 0 Å². The zero-order valence-electron chi connectivity index (χ0n) is 13.5. The number of hydrogen-bond acceptors (Lipinski definition) is 4. The standard InChI is InChI=1S/C17H22Cl2N4O/c18-15-2-1-14(16(19)11-15)13-23-6-4-21-17(23)12-20-3-5-22-7-9-24-10-8-22/h1-2,4,6,11,20H,3,5,7-10,12-13H2. The Morgan fingerprint density at radius 1 is 1.21 bits per heavy atom. The summed E-state index contributed by atoms with van der Waals surface area (Å²) in [6.07, 6.45) is 3.80. The minimum atomic E-state index is 0.652. The number of nitrogens with one attached hydrogen (secondary N) is 1. The third-order valence-corrected chi connectivity index (χ3v) is 4.74. The van der Waals surface area contributed by atoms with Crippen molar-refractivity contribution < 1.29 is 4.74 Å². The molecule has 0 radical (unpaired) electrons. The molecular weight excluding hydrogens is 347 g/mol. The molecule has 1 aromatic carbocycles. The smallest absolute Gasteiger partial charge is 0.122 e. The van der Waals surface area contributed by atoms with Gasteiger partial charge in [-0.2, -0.15) is 0 Å². The van der Waals surface area contributed by atoms with Gasteiger partial charge in [-0.05, 0) is 17.7 Å². The highest BCUT2D eigenvalue weighted by atomic mass is 35.5. The number of hydrogen-bond donors (Lipinski definition) is 1. The molecule has 0 spiro atoms. The van der Waals surface area contributed by atoms with Crippen LogP contribution in [0.5, 0.6) is 0 Å². The first-order valence-electron chi connectivity index (χ1n) is 8.17. The van der Waals surface area contributed by atoms with Crippen LogP contribution in [0, 0.1) is 0 Å². The average Bonchev–Trinajstić information content (AvgIpc) is 3.02. The number of halogens is 2. The van der Waals surface area contributed by atoms with Crippen molar-refractivity contribution in [2.45, 2.75) is 13.1 Å². The fourth-order valence-electron chi connectivity index (χ4n) is 2.75. The van der Waals surface area contributed by atoms with Crippen molar-refractivity contribution in [2.24, 2.45) is 0 Å². The molecular formula is C17H22Cl2N4O. The SMILES string of the molecule is Clc1ccc(Cn2ccnc2CNCCN2CCOCC2)c(Cl)c1. The predicted octanol–water partition coefficient (Wildman–Crippen LogP) is 2.66. The minimum absolute atomic E-state index is 0.652. The number of ether oxygens (including phenoxy) is 1. The monoisotopic (exact) mass is 368 g/mol. The third-order valence-electron chi connectivity index (χ3n) is 4.15. The van der Waals surface area contributed by atoms with E-state index in [4.69, 9.17) is 27.9 Å². The van der Waals surface area contributed by atoms with E-state index in [9.17, 15) is 0 Å². The molecule has 3 rings (SSSR count). The number of imidazole rings is 1. The largest absolute Gasteiger partial charge is 0.379 e. The molecule has 0 saturated carbocycles. The van der Waals surface area contributed by atoms with Crippen LogP contribution in [0.2, 0.25) is 10.0 Å². The van der Waals surface area contributed by atoms with E-state index >= 15 is 0 Å². The Hall–Kier alpha value is -1.11. The second-order valence-electron chi connectivity index (χ2n) is 5.84. The number of benzene rings is 1. The van der Waals surface area contributed by atoms with Gasteiger partial charge in [-0.3, -0.25) is 4.90 Å². The molecule has 130 valence electrons. The van der Waals surface area contributed by atoms with Gasteiger partial charge in [0.2, 0.25) is 0 Å². The first-order chi connectivity index (χ1) is 11.7. The molecule has 5 nitrogen and oxygen atoms in total. The van der Waals surface area contributed by atoms with Gasteiger partial charge in [-0.15, -0.1) is 0 Å². The molecule has 1 aliphatic heterocycles. The molecule has 7 heteroatoms. The fourth-order valence-corrected chi connectivity index (χ4v) is 3.22. The second kappa shape index (κ2) is 8.83. The van der Waals surface area contributed by atoms with Gasteiger partial charge in [0.15, 0.2) is 0 Å². The van der Waals surface area contributed by atoms with Gasteiger partial charge in [-0.1, -0.05) is 29.3 Å². The maximum absolute atomic E-state index is 6.26. The van der Waals surface area contributed by atoms with Gasteiger partial charge in [0.1, 0.15) is 5.82 Å². The van der Waals surface area contributed by atoms with Gasteiger partial charge in [0, 0.05) is 48.6 Å². The number of rotatable bonds is 7. The lowest BCUT2D eigenvalue weighted by Crippen LogP contribution is -2.40. The van der Waals surface area contributed by atoms with Crippen LogP contribution in [0.15, 0.2) is 30.6 Å². The van der Waals surface area contributed by atoms with E-state index < -0.39 is 0 Å². The van der Waals surface area contributed by atoms with Gasteiger partial charge >= 0.3 is 0 Å². The van der Waals surface area contributed by atoms with Crippen LogP contribution in [0.3, 0.4) is 0 Å². The topological polar surface area (TPSA) is 42.3 Å². The van der Waals surface area contributed by atoms with Gasteiger partial charge in [0.25, 0.3) is 0 Å². The molecule has 0 unspecified atom stereocenters. The summed E-state index contributed by atoms with van der Waals surface area (Å²) in [5, 5.41) is 4.80. The summed E-state index contributed by atoms with van der Waals surface area (Å²) in [6, 6.07) is 5.59. The Morgan fingerprint density at radius 2 is 2.04 bits per heavy atom. The molecule has 2 aromatic rings. The quantitative estimate of drug-likeness (QED) is 0.762. The summed E-state index contributed by atoms with van der Waals surface area (Å²) in [5.41, 5.74) is 1.04. The fraction of sp³-hybridized carbons (Fsp3) is 0.471. The molecule has 24 heavy (non-hydrogen) atoms. The van der Waals surface area contributed by atoms with Crippen molar-refractivity contribution in [3.63, 3.8) is 0 Å². The lowest BCUT2D eigenvalue weighted by atomic mass is 10.2. The molecule has 0 amide bonds. The Kier molecular flexibility index (Phi) is 6.51. The highest BCUT2D eigenvalue weighted by molar-refractivity contribution is 6.35. The van der Waals surface area contributed by atoms with E-state index in [1.54, 1.807) is 6.07 Å². The Bertz CT molecular complexity index is 656. The second-order valence-corrected chi connectivity index (χ2v) is 6.68. The van der Waals surface area contributed by atoms with Crippen LogP contribution in [-0.2, 0) is 17.8 Å². The Balaban J connectivity index is 1.49. The molecule has 1 aromatic heterocycles. The first kappa shape index (κ1) is 17.7. The van der Waals surface area contributed by atoms with E-state index in [0.29, 0.717) is 16.6 Å². The van der Waals surface area contributed by atoms with E-state index in [1.165, 1.54) is 0 Å². The molecule has 1 aliphatic rings. The minimum Gasteiger partial charge on any atom is -0.379 e. The Labute approximate surface area is 152 Å². The summed E-state index contributed by atoms with van der Waals surface area (Å²) < 4.78 is 7.47. The van der Waals surface area contributed by atoms with Crippen LogP contribution in [0.25, 0.3) is 0 Å². The van der Waals surface area contributed by atoms with Crippen molar-refractivity contribution in [2.75, 3.05) is 39.4 Å². The molecule has 0 aliphatic carbocycles. The highest BCUT2D eigenvalue weighted by Crippen LogP contribution is 2.22. The molecule has 1 fully saturated rings. The average molecular weight is 369 g/mol. The van der Waals surface area contributed by atoms with Gasteiger partial charge in [0.05, 0.1) is 26.3 Å². The first-order valence-corrected chi connectivity index (χ1v) is 8.93. The van der Waals surface area contributed by atoms with Gasteiger partial charge in [-0.25, -0.2) is 4.98 Å². The molecule has 1 saturated heterocycles. The third kappa shape index (κ3) is 4.94. The number of aromatic nitrogens is 2. The molecule has 0 bridgehead atoms. The zero-order chi connectivity index (χ0) is 16.8. The van der Waals surface area contributed by atoms with E-state index in [2.05, 4.69) is 19.8 Å². The van der Waals surface area contributed by atoms with Crippen LogP contribution in [-0.4, -0.2) is 53.8 Å². The lowest BCUT2D eigenvalue weighted by molar-refractivity contribution is 0.0384. The highest BCUT2D eigenvalue weighted by Gasteiger charge is 2.10. The molecule has 1 N–H and O–H groups in total. The summed E-state index contributed by atoms with van der Waals surface area (Å²) in [7, 11) is 0. The molecule has 0 atom stereocenters. The van der Waals surface area contributed by atoms with Crippen LogP contribution >= 0.6 is 23.2 Å². The van der Waals surface area contributed by atoms with Crippen molar-refractivity contribution in [3.05, 3.63) is 52.0 Å². The summed E-state index contributed by atoms with van der Waals surface area (Å²) >= 11 is 12.2. The van der Waals surface area contributed by atoms with Crippen molar-refractivity contribution in [3.8, 4) is 0 Å². The maximum atomic E-state index is 6.26. The van der Waals surface area contributed by atoms with Gasteiger partial charge < -0.3 is 14.6 Å². The van der Waals surface area contributed by atoms with E-state index in [0.717, 1.165) is 57.3 Å². The maximum Gasteiger partial charge on any atom is 0.122 e. The number of morpholine rings is 1. The summed E-state index contributed by atoms with van der Waals surface area (Å²) in [4.78, 5) is 6.85. The molecule has 2 heterocycles. The van der Waals surface area contributed by atoms with Crippen LogP contribution < -0.4 is 5.32 Å². The van der Waals surface area contributed by atoms with Crippen molar-refractivity contribution >= 4 is 23.2 Å². The predicted molar refractivity (Wildman–Crippen MR) is 96.8 cm³/mol. The lowest BCUT2D eigenvalue weighted by Gasteiger charge is -2.26. The van der Waals surface area contributed by atoms with E-state index in [-0.39, 0.29) is 0 Å². The summed E-state index contributed by atoms with van der Waals surface area (Å²) in [5.74, 6) is 1.00. The van der Waals surface area contributed by atoms with Crippen LogP contribution in [0.4, 0.5) is 0 Å². The normalized spacial score (nSPS) is 15.8. The van der Waals surface area contributed by atoms with E-state index in [1.807, 2.05) is 24.5 Å². The summed E-state index contributed by atoms with van der Waals surface area (Å²) in [6.45, 7) is 7.12. The zero-order valence-corrected chi connectivity index (χ0v) is 15.1. The Morgan fingerprint density at radius 3 is 2.83 bits per heavy atom.